The Bertz CT molecular complexity index is 948. The zero-order valence-corrected chi connectivity index (χ0v) is 16.5. The van der Waals surface area contributed by atoms with Crippen LogP contribution in [0.4, 0.5) is 11.8 Å². The molecule has 0 unspecified atom stereocenters. The number of hydrogen-bond acceptors (Lipinski definition) is 7. The summed E-state index contributed by atoms with van der Waals surface area (Å²) in [7, 11) is 0. The van der Waals surface area contributed by atoms with Crippen molar-refractivity contribution in [1.29, 1.82) is 0 Å². The van der Waals surface area contributed by atoms with Gasteiger partial charge in [0.25, 0.3) is 0 Å². The zero-order valence-electron chi connectivity index (χ0n) is 15.0. The molecule has 0 aliphatic heterocycles. The fourth-order valence-electron chi connectivity index (χ4n) is 2.68. The lowest BCUT2D eigenvalue weighted by Crippen LogP contribution is -2.07. The van der Waals surface area contributed by atoms with E-state index < -0.39 is 0 Å². The molecule has 0 amide bonds. The highest BCUT2D eigenvalue weighted by Crippen LogP contribution is 2.33. The lowest BCUT2D eigenvalue weighted by molar-refractivity contribution is 0.0943. The van der Waals surface area contributed by atoms with Crippen molar-refractivity contribution < 1.29 is 9.32 Å². The second-order valence-electron chi connectivity index (χ2n) is 6.14. The van der Waals surface area contributed by atoms with E-state index in [0.717, 1.165) is 19.3 Å². The fourth-order valence-corrected chi connectivity index (χ4v) is 3.08. The Hall–Kier alpha value is -2.64. The van der Waals surface area contributed by atoms with E-state index in [1.165, 1.54) is 6.20 Å². The summed E-state index contributed by atoms with van der Waals surface area (Å²) in [6.45, 7) is 0.690. The number of nitrogen functional groups attached to an aromatic ring is 1. The van der Waals surface area contributed by atoms with Crippen LogP contribution in [0.3, 0.4) is 0 Å². The molecule has 0 aliphatic rings. The largest absolute Gasteiger partial charge is 0.370 e. The van der Waals surface area contributed by atoms with Gasteiger partial charge in [0.05, 0.1) is 21.9 Å². The molecule has 1 aromatic carbocycles. The van der Waals surface area contributed by atoms with Crippen LogP contribution in [0.5, 0.6) is 0 Å². The number of carbonyl (C=O) groups is 1. The third-order valence-electron chi connectivity index (χ3n) is 4.07. The summed E-state index contributed by atoms with van der Waals surface area (Å²) in [6, 6.07) is 8.69. The SMILES string of the molecule is Nc1nc(NCCCCCC(=O)c2ccno2)cc(-c2cccc(Cl)c2Cl)n1. The van der Waals surface area contributed by atoms with Crippen molar-refractivity contribution in [2.75, 3.05) is 17.6 Å². The van der Waals surface area contributed by atoms with E-state index in [2.05, 4.69) is 20.4 Å². The van der Waals surface area contributed by atoms with E-state index >= 15 is 0 Å². The van der Waals surface area contributed by atoms with Gasteiger partial charge in [-0.15, -0.1) is 0 Å². The predicted molar refractivity (Wildman–Crippen MR) is 110 cm³/mol. The second kappa shape index (κ2) is 9.52. The van der Waals surface area contributed by atoms with E-state index in [1.807, 2.05) is 6.07 Å². The van der Waals surface area contributed by atoms with Gasteiger partial charge in [-0.2, -0.15) is 4.98 Å². The van der Waals surface area contributed by atoms with Crippen LogP contribution in [0.1, 0.15) is 36.2 Å². The van der Waals surface area contributed by atoms with Gasteiger partial charge >= 0.3 is 0 Å². The molecule has 0 spiro atoms. The standard InChI is InChI=1S/C19H19Cl2N5O2/c20-13-6-4-5-12(18(13)21)14-11-17(26-19(22)25-14)23-9-3-1-2-7-15(27)16-8-10-24-28-16/h4-6,8,10-11H,1-3,7,9H2,(H3,22,23,25,26). The summed E-state index contributed by atoms with van der Waals surface area (Å²) in [5, 5.41) is 7.63. The number of Topliss-reactive ketones (excluding diaryl/α,β-unsaturated/α-hetero) is 1. The summed E-state index contributed by atoms with van der Waals surface area (Å²) < 4.78 is 4.85. The normalized spacial score (nSPS) is 10.8. The van der Waals surface area contributed by atoms with Crippen molar-refractivity contribution in [1.82, 2.24) is 15.1 Å². The van der Waals surface area contributed by atoms with E-state index in [1.54, 1.807) is 24.3 Å². The first kappa shape index (κ1) is 20.1. The lowest BCUT2D eigenvalue weighted by Gasteiger charge is -2.10. The summed E-state index contributed by atoms with van der Waals surface area (Å²) in [5.41, 5.74) is 7.12. The van der Waals surface area contributed by atoms with Gasteiger partial charge in [-0.25, -0.2) is 4.98 Å². The molecule has 146 valence electrons. The number of ketones is 1. The van der Waals surface area contributed by atoms with E-state index in [9.17, 15) is 4.79 Å². The molecule has 9 heteroatoms. The molecule has 3 aromatic rings. The molecule has 3 N–H and O–H groups in total. The highest BCUT2D eigenvalue weighted by Gasteiger charge is 2.11. The molecule has 7 nitrogen and oxygen atoms in total. The number of halogens is 2. The van der Waals surface area contributed by atoms with Crippen LogP contribution < -0.4 is 11.1 Å². The summed E-state index contributed by atoms with van der Waals surface area (Å²) >= 11 is 12.3. The van der Waals surface area contributed by atoms with Crippen molar-refractivity contribution in [3.63, 3.8) is 0 Å². The first-order valence-corrected chi connectivity index (χ1v) is 9.57. The maximum atomic E-state index is 11.8. The molecule has 0 atom stereocenters. The average Bonchev–Trinajstić information content (AvgIpc) is 3.21. The van der Waals surface area contributed by atoms with Crippen LogP contribution in [-0.2, 0) is 0 Å². The molecule has 0 saturated carbocycles. The predicted octanol–water partition coefficient (Wildman–Crippen LogP) is 4.88. The first-order valence-electron chi connectivity index (χ1n) is 8.81. The Balaban J connectivity index is 1.50. The molecular weight excluding hydrogens is 401 g/mol. The monoisotopic (exact) mass is 419 g/mol. The van der Waals surface area contributed by atoms with Crippen LogP contribution >= 0.6 is 23.2 Å². The van der Waals surface area contributed by atoms with E-state index in [0.29, 0.717) is 45.8 Å². The van der Waals surface area contributed by atoms with Gasteiger partial charge < -0.3 is 15.6 Å². The lowest BCUT2D eigenvalue weighted by atomic mass is 10.1. The molecule has 0 aliphatic carbocycles. The minimum Gasteiger partial charge on any atom is -0.370 e. The number of nitrogens with two attached hydrogens (primary N) is 1. The Labute approximate surface area is 172 Å². The number of nitrogens with one attached hydrogen (secondary N) is 1. The number of rotatable bonds is 9. The molecule has 2 aromatic heterocycles. The van der Waals surface area contributed by atoms with Crippen molar-refractivity contribution in [3.05, 3.63) is 52.3 Å². The van der Waals surface area contributed by atoms with Crippen LogP contribution in [0.25, 0.3) is 11.3 Å². The van der Waals surface area contributed by atoms with Crippen LogP contribution in [0.15, 0.2) is 41.1 Å². The van der Waals surface area contributed by atoms with Gasteiger partial charge in [-0.1, -0.05) is 46.9 Å². The topological polar surface area (TPSA) is 107 Å². The van der Waals surface area contributed by atoms with Crippen LogP contribution in [-0.4, -0.2) is 27.5 Å². The molecule has 0 fully saturated rings. The zero-order chi connectivity index (χ0) is 19.9. The average molecular weight is 420 g/mol. The molecular formula is C19H19Cl2N5O2. The van der Waals surface area contributed by atoms with Gasteiger partial charge in [-0.05, 0) is 18.9 Å². The number of benzene rings is 1. The molecule has 0 bridgehead atoms. The molecule has 0 radical (unpaired) electrons. The van der Waals surface area contributed by atoms with Crippen molar-refractivity contribution in [3.8, 4) is 11.3 Å². The van der Waals surface area contributed by atoms with Crippen molar-refractivity contribution in [2.45, 2.75) is 25.7 Å². The number of carbonyl (C=O) groups excluding carboxylic acids is 1. The van der Waals surface area contributed by atoms with Crippen molar-refractivity contribution in [2.24, 2.45) is 0 Å². The molecule has 2 heterocycles. The van der Waals surface area contributed by atoms with E-state index in [4.69, 9.17) is 33.5 Å². The highest BCUT2D eigenvalue weighted by molar-refractivity contribution is 6.43. The number of nitrogens with zero attached hydrogens (tertiary/aromatic N) is 3. The third kappa shape index (κ3) is 5.21. The Morgan fingerprint density at radius 3 is 2.79 bits per heavy atom. The Kier molecular flexibility index (Phi) is 6.84. The maximum Gasteiger partial charge on any atom is 0.222 e. The fraction of sp³-hybridized carbons (Fsp3) is 0.263. The van der Waals surface area contributed by atoms with Gasteiger partial charge in [0.1, 0.15) is 5.82 Å². The smallest absolute Gasteiger partial charge is 0.222 e. The summed E-state index contributed by atoms with van der Waals surface area (Å²) in [4.78, 5) is 20.3. The Morgan fingerprint density at radius 1 is 1.14 bits per heavy atom. The number of anilines is 2. The highest BCUT2D eigenvalue weighted by atomic mass is 35.5. The van der Waals surface area contributed by atoms with Crippen LogP contribution in [0.2, 0.25) is 10.0 Å². The molecule has 28 heavy (non-hydrogen) atoms. The molecule has 3 rings (SSSR count). The minimum atomic E-state index is -0.0305. The minimum absolute atomic E-state index is 0.0305. The van der Waals surface area contributed by atoms with Gasteiger partial charge in [-0.3, -0.25) is 4.79 Å². The third-order valence-corrected chi connectivity index (χ3v) is 4.89. The first-order chi connectivity index (χ1) is 13.5. The van der Waals surface area contributed by atoms with Crippen molar-refractivity contribution >= 4 is 40.8 Å². The number of aromatic nitrogens is 3. The quantitative estimate of drug-likeness (QED) is 0.375. The van der Waals surface area contributed by atoms with E-state index in [-0.39, 0.29) is 11.7 Å². The molecule has 0 saturated heterocycles. The van der Waals surface area contributed by atoms with Gasteiger partial charge in [0.15, 0.2) is 0 Å². The summed E-state index contributed by atoms with van der Waals surface area (Å²) in [6.07, 6.45) is 4.44. The maximum absolute atomic E-state index is 11.8. The second-order valence-corrected chi connectivity index (χ2v) is 6.92. The number of hydrogen-bond donors (Lipinski definition) is 2. The number of unbranched alkanes of at least 4 members (excludes halogenated alkanes) is 2. The van der Waals surface area contributed by atoms with Gasteiger partial charge in [0, 0.05) is 30.7 Å². The van der Waals surface area contributed by atoms with Gasteiger partial charge in [0.2, 0.25) is 17.5 Å². The summed E-state index contributed by atoms with van der Waals surface area (Å²) in [5.74, 6) is 1.03. The Morgan fingerprint density at radius 2 is 2.00 bits per heavy atom. The van der Waals surface area contributed by atoms with Crippen LogP contribution in [0, 0.1) is 0 Å².